The molecule has 0 radical (unpaired) electrons. The Labute approximate surface area is 135 Å². The summed E-state index contributed by atoms with van der Waals surface area (Å²) >= 11 is 0. The third-order valence-electron chi connectivity index (χ3n) is 3.57. The maximum atomic E-state index is 5.65. The molecule has 0 spiro atoms. The summed E-state index contributed by atoms with van der Waals surface area (Å²) in [5, 5.41) is 11.4. The number of aromatic nitrogens is 4. The number of nitrogens with one attached hydrogen (secondary N) is 1. The van der Waals surface area contributed by atoms with E-state index in [0.29, 0.717) is 25.0 Å². The standard InChI is InChI=1S/C16H23N5O2/c1-16(2,3)15-18-11(9-22-4)7-12(19-15)17-8-13-20-21-14(23-13)10-5-6-10/h7,10H,5-6,8-9H2,1-4H3,(H,17,18,19). The monoisotopic (exact) mass is 317 g/mol. The van der Waals surface area contributed by atoms with Crippen LogP contribution >= 0.6 is 0 Å². The molecule has 0 unspecified atom stereocenters. The van der Waals surface area contributed by atoms with Crippen LogP contribution in [0.4, 0.5) is 5.82 Å². The van der Waals surface area contributed by atoms with Crippen molar-refractivity contribution in [2.45, 2.75) is 58.1 Å². The lowest BCUT2D eigenvalue weighted by molar-refractivity contribution is 0.181. The van der Waals surface area contributed by atoms with E-state index < -0.39 is 0 Å². The van der Waals surface area contributed by atoms with Crippen molar-refractivity contribution < 1.29 is 9.15 Å². The van der Waals surface area contributed by atoms with Crippen LogP contribution in [-0.4, -0.2) is 27.3 Å². The Morgan fingerprint density at radius 2 is 2.04 bits per heavy atom. The van der Waals surface area contributed by atoms with Crippen LogP contribution in [0.3, 0.4) is 0 Å². The summed E-state index contributed by atoms with van der Waals surface area (Å²) in [6.45, 7) is 7.16. The maximum absolute atomic E-state index is 5.65. The zero-order valence-corrected chi connectivity index (χ0v) is 14.1. The quantitative estimate of drug-likeness (QED) is 0.876. The Morgan fingerprint density at radius 3 is 2.70 bits per heavy atom. The van der Waals surface area contributed by atoms with Gasteiger partial charge in [0.05, 0.1) is 18.8 Å². The molecule has 3 rings (SSSR count). The Morgan fingerprint density at radius 1 is 1.26 bits per heavy atom. The first kappa shape index (κ1) is 15.9. The van der Waals surface area contributed by atoms with Gasteiger partial charge in [0.25, 0.3) is 0 Å². The lowest BCUT2D eigenvalue weighted by Crippen LogP contribution is -2.18. The van der Waals surface area contributed by atoms with Crippen LogP contribution in [0.2, 0.25) is 0 Å². The summed E-state index contributed by atoms with van der Waals surface area (Å²) in [5.41, 5.74) is 0.711. The third-order valence-corrected chi connectivity index (χ3v) is 3.57. The zero-order chi connectivity index (χ0) is 16.4. The summed E-state index contributed by atoms with van der Waals surface area (Å²) in [6, 6.07) is 1.89. The highest BCUT2D eigenvalue weighted by molar-refractivity contribution is 5.37. The van der Waals surface area contributed by atoms with Crippen molar-refractivity contribution in [2.24, 2.45) is 0 Å². The van der Waals surface area contributed by atoms with Crippen molar-refractivity contribution >= 4 is 5.82 Å². The molecule has 7 heteroatoms. The number of ether oxygens (including phenoxy) is 1. The summed E-state index contributed by atoms with van der Waals surface area (Å²) in [4.78, 5) is 9.15. The van der Waals surface area contributed by atoms with Gasteiger partial charge in [-0.05, 0) is 12.8 Å². The second kappa shape index (κ2) is 6.23. The van der Waals surface area contributed by atoms with Gasteiger partial charge < -0.3 is 14.5 Å². The van der Waals surface area contributed by atoms with Gasteiger partial charge in [-0.25, -0.2) is 9.97 Å². The number of anilines is 1. The average Bonchev–Trinajstić information content (AvgIpc) is 3.23. The minimum absolute atomic E-state index is 0.135. The van der Waals surface area contributed by atoms with E-state index in [1.807, 2.05) is 6.07 Å². The largest absolute Gasteiger partial charge is 0.423 e. The van der Waals surface area contributed by atoms with Gasteiger partial charge in [-0.15, -0.1) is 10.2 Å². The number of hydrogen-bond donors (Lipinski definition) is 1. The van der Waals surface area contributed by atoms with E-state index in [-0.39, 0.29) is 5.41 Å². The number of rotatable bonds is 6. The summed E-state index contributed by atoms with van der Waals surface area (Å²) in [7, 11) is 1.66. The molecule has 2 aromatic heterocycles. The highest BCUT2D eigenvalue weighted by atomic mass is 16.5. The molecule has 23 heavy (non-hydrogen) atoms. The van der Waals surface area contributed by atoms with Gasteiger partial charge in [-0.1, -0.05) is 20.8 Å². The molecule has 2 heterocycles. The summed E-state index contributed by atoms with van der Waals surface area (Å²) in [6.07, 6.45) is 2.30. The number of nitrogens with zero attached hydrogens (tertiary/aromatic N) is 4. The van der Waals surface area contributed by atoms with Gasteiger partial charge in [0.2, 0.25) is 11.8 Å². The second-order valence-corrected chi connectivity index (χ2v) is 6.91. The molecule has 1 aliphatic rings. The van der Waals surface area contributed by atoms with Crippen LogP contribution in [-0.2, 0) is 23.3 Å². The van der Waals surface area contributed by atoms with Gasteiger partial charge in [0, 0.05) is 24.5 Å². The molecule has 1 aliphatic carbocycles. The van der Waals surface area contributed by atoms with E-state index in [1.165, 1.54) is 0 Å². The van der Waals surface area contributed by atoms with Crippen molar-refractivity contribution in [1.29, 1.82) is 0 Å². The van der Waals surface area contributed by atoms with Crippen LogP contribution in [0.5, 0.6) is 0 Å². The Bertz CT molecular complexity index is 673. The van der Waals surface area contributed by atoms with Crippen molar-refractivity contribution in [1.82, 2.24) is 20.2 Å². The van der Waals surface area contributed by atoms with E-state index in [9.17, 15) is 0 Å². The van der Waals surface area contributed by atoms with Crippen molar-refractivity contribution in [3.8, 4) is 0 Å². The lowest BCUT2D eigenvalue weighted by atomic mass is 9.95. The fourth-order valence-corrected chi connectivity index (χ4v) is 2.14. The predicted octanol–water partition coefficient (Wildman–Crippen LogP) is 2.79. The highest BCUT2D eigenvalue weighted by Crippen LogP contribution is 2.39. The smallest absolute Gasteiger partial charge is 0.235 e. The molecule has 0 saturated heterocycles. The molecule has 0 aliphatic heterocycles. The van der Waals surface area contributed by atoms with Gasteiger partial charge in [-0.3, -0.25) is 0 Å². The maximum Gasteiger partial charge on any atom is 0.235 e. The molecule has 0 aromatic carbocycles. The number of hydrogen-bond acceptors (Lipinski definition) is 7. The molecule has 0 atom stereocenters. The van der Waals surface area contributed by atoms with E-state index in [1.54, 1.807) is 7.11 Å². The molecule has 1 N–H and O–H groups in total. The van der Waals surface area contributed by atoms with E-state index in [2.05, 4.69) is 46.3 Å². The van der Waals surface area contributed by atoms with Gasteiger partial charge in [0.15, 0.2) is 0 Å². The Hall–Kier alpha value is -2.02. The minimum Gasteiger partial charge on any atom is -0.423 e. The lowest BCUT2D eigenvalue weighted by Gasteiger charge is -2.18. The summed E-state index contributed by atoms with van der Waals surface area (Å²) in [5.74, 6) is 3.31. The van der Waals surface area contributed by atoms with Crippen LogP contribution in [0, 0.1) is 0 Å². The molecule has 7 nitrogen and oxygen atoms in total. The Balaban J connectivity index is 1.73. The molecule has 1 fully saturated rings. The van der Waals surface area contributed by atoms with Crippen LogP contribution in [0.25, 0.3) is 0 Å². The first-order valence-corrected chi connectivity index (χ1v) is 7.89. The topological polar surface area (TPSA) is 86.0 Å². The fraction of sp³-hybridized carbons (Fsp3) is 0.625. The summed E-state index contributed by atoms with van der Waals surface area (Å²) < 4.78 is 10.8. The molecular weight excluding hydrogens is 294 g/mol. The molecule has 0 amide bonds. The predicted molar refractivity (Wildman–Crippen MR) is 85.0 cm³/mol. The first-order valence-electron chi connectivity index (χ1n) is 7.89. The zero-order valence-electron chi connectivity index (χ0n) is 14.1. The van der Waals surface area contributed by atoms with Crippen molar-refractivity contribution in [2.75, 3.05) is 12.4 Å². The van der Waals surface area contributed by atoms with Crippen molar-refractivity contribution in [3.05, 3.63) is 29.4 Å². The fourth-order valence-electron chi connectivity index (χ4n) is 2.14. The average molecular weight is 317 g/mol. The second-order valence-electron chi connectivity index (χ2n) is 6.91. The van der Waals surface area contributed by atoms with Gasteiger partial charge >= 0.3 is 0 Å². The van der Waals surface area contributed by atoms with Crippen LogP contribution < -0.4 is 5.32 Å². The van der Waals surface area contributed by atoms with E-state index >= 15 is 0 Å². The van der Waals surface area contributed by atoms with Crippen molar-refractivity contribution in [3.63, 3.8) is 0 Å². The molecule has 2 aromatic rings. The Kier molecular flexibility index (Phi) is 4.30. The van der Waals surface area contributed by atoms with Crippen LogP contribution in [0.15, 0.2) is 10.5 Å². The molecule has 1 saturated carbocycles. The SMILES string of the molecule is COCc1cc(NCc2nnc(C3CC3)o2)nc(C(C)(C)C)n1. The molecular formula is C16H23N5O2. The highest BCUT2D eigenvalue weighted by Gasteiger charge is 2.29. The third kappa shape index (κ3) is 4.04. The normalized spacial score (nSPS) is 15.0. The van der Waals surface area contributed by atoms with Gasteiger partial charge in [-0.2, -0.15) is 0 Å². The molecule has 0 bridgehead atoms. The molecule has 124 valence electrons. The first-order chi connectivity index (χ1) is 11.0. The van der Waals surface area contributed by atoms with E-state index in [0.717, 1.165) is 36.1 Å². The van der Waals surface area contributed by atoms with Gasteiger partial charge in [0.1, 0.15) is 11.6 Å². The minimum atomic E-state index is -0.135. The number of methoxy groups -OCH3 is 1. The van der Waals surface area contributed by atoms with E-state index in [4.69, 9.17) is 9.15 Å². The van der Waals surface area contributed by atoms with Crippen LogP contribution in [0.1, 0.15) is 62.8 Å².